The van der Waals surface area contributed by atoms with Crippen molar-refractivity contribution in [1.29, 1.82) is 0 Å². The first-order valence-electron chi connectivity index (χ1n) is 6.29. The van der Waals surface area contributed by atoms with Gasteiger partial charge in [0.2, 0.25) is 0 Å². The van der Waals surface area contributed by atoms with Crippen LogP contribution in [0.2, 0.25) is 0 Å². The first-order valence-corrected chi connectivity index (χ1v) is 6.29. The molecule has 0 radical (unpaired) electrons. The molecule has 1 unspecified atom stereocenters. The van der Waals surface area contributed by atoms with E-state index in [4.69, 9.17) is 4.74 Å². The van der Waals surface area contributed by atoms with Crippen molar-refractivity contribution in [3.8, 4) is 0 Å². The van der Waals surface area contributed by atoms with Gasteiger partial charge in [0, 0.05) is 13.0 Å². The normalized spacial score (nSPS) is 19.9. The fourth-order valence-electron chi connectivity index (χ4n) is 1.96. The minimum atomic E-state index is -1.59. The van der Waals surface area contributed by atoms with E-state index in [1.165, 1.54) is 4.90 Å². The maximum atomic E-state index is 13.4. The number of benzene rings is 1. The molecule has 1 atom stereocenters. The summed E-state index contributed by atoms with van der Waals surface area (Å²) in [5.41, 5.74) is 0.874. The molecule has 1 aliphatic heterocycles. The first-order chi connectivity index (χ1) is 9.16. The molecule has 0 bridgehead atoms. The number of hydrogen-bond acceptors (Lipinski definition) is 3. The molecular weight excluding hydrogens is 249 g/mol. The smallest absolute Gasteiger partial charge is 0.410 e. The molecule has 102 valence electrons. The second-order valence-electron chi connectivity index (χ2n) is 4.52. The fraction of sp³-hybridized carbons (Fsp3) is 0.429. The number of ether oxygens (including phenoxy) is 1. The van der Waals surface area contributed by atoms with Crippen molar-refractivity contribution < 1.29 is 18.7 Å². The maximum absolute atomic E-state index is 13.4. The van der Waals surface area contributed by atoms with Crippen LogP contribution in [-0.4, -0.2) is 36.0 Å². The van der Waals surface area contributed by atoms with E-state index in [1.807, 2.05) is 30.3 Å². The molecular formula is C14H16FNO3. The summed E-state index contributed by atoms with van der Waals surface area (Å²) in [6.45, 7) is 0.313. The highest BCUT2D eigenvalue weighted by Crippen LogP contribution is 2.12. The second-order valence-corrected chi connectivity index (χ2v) is 4.52. The lowest BCUT2D eigenvalue weighted by Crippen LogP contribution is -2.37. The minimum Gasteiger partial charge on any atom is -0.445 e. The highest BCUT2D eigenvalue weighted by atomic mass is 19.1. The molecule has 19 heavy (non-hydrogen) atoms. The number of ketones is 1. The van der Waals surface area contributed by atoms with Crippen LogP contribution < -0.4 is 0 Å². The SMILES string of the molecule is O=C1CCCN(C(=O)OCc2ccccc2)CC1F. The number of nitrogens with zero attached hydrogens (tertiary/aromatic N) is 1. The fourth-order valence-corrected chi connectivity index (χ4v) is 1.96. The van der Waals surface area contributed by atoms with Gasteiger partial charge < -0.3 is 9.64 Å². The number of Topliss-reactive ketones (excluding diaryl/α,β-unsaturated/α-hetero) is 1. The number of likely N-dealkylation sites (tertiary alicyclic amines) is 1. The Morgan fingerprint density at radius 1 is 1.37 bits per heavy atom. The lowest BCUT2D eigenvalue weighted by molar-refractivity contribution is -0.123. The number of amides is 1. The van der Waals surface area contributed by atoms with Crippen LogP contribution in [0, 0.1) is 0 Å². The molecule has 5 heteroatoms. The zero-order chi connectivity index (χ0) is 13.7. The summed E-state index contributed by atoms with van der Waals surface area (Å²) in [7, 11) is 0. The van der Waals surface area contributed by atoms with E-state index in [1.54, 1.807) is 0 Å². The Kier molecular flexibility index (Phi) is 4.49. The topological polar surface area (TPSA) is 46.6 Å². The molecule has 2 rings (SSSR count). The van der Waals surface area contributed by atoms with E-state index in [0.717, 1.165) is 5.56 Å². The monoisotopic (exact) mass is 265 g/mol. The highest BCUT2D eigenvalue weighted by molar-refractivity contribution is 5.84. The standard InChI is InChI=1S/C14H16FNO3/c15-12-9-16(8-4-7-13(12)17)14(18)19-10-11-5-2-1-3-6-11/h1-3,5-6,12H,4,7-10H2. The van der Waals surface area contributed by atoms with E-state index in [-0.39, 0.29) is 19.6 Å². The van der Waals surface area contributed by atoms with Crippen LogP contribution in [0.15, 0.2) is 30.3 Å². The number of alkyl halides is 1. The summed E-state index contributed by atoms with van der Waals surface area (Å²) in [4.78, 5) is 24.3. The summed E-state index contributed by atoms with van der Waals surface area (Å²) >= 11 is 0. The van der Waals surface area contributed by atoms with Gasteiger partial charge in [0.05, 0.1) is 6.54 Å². The maximum Gasteiger partial charge on any atom is 0.410 e. The second kappa shape index (κ2) is 6.31. The molecule has 0 aliphatic carbocycles. The Morgan fingerprint density at radius 3 is 2.84 bits per heavy atom. The van der Waals surface area contributed by atoms with Gasteiger partial charge >= 0.3 is 6.09 Å². The minimum absolute atomic E-state index is 0.154. The Balaban J connectivity index is 1.87. The van der Waals surface area contributed by atoms with Gasteiger partial charge in [-0.05, 0) is 12.0 Å². The quantitative estimate of drug-likeness (QED) is 0.824. The van der Waals surface area contributed by atoms with Crippen LogP contribution in [0.4, 0.5) is 9.18 Å². The van der Waals surface area contributed by atoms with Gasteiger partial charge in [0.1, 0.15) is 6.61 Å². The third-order valence-electron chi connectivity index (χ3n) is 3.04. The predicted molar refractivity (Wildman–Crippen MR) is 67.3 cm³/mol. The number of carbonyl (C=O) groups is 2. The zero-order valence-electron chi connectivity index (χ0n) is 10.5. The predicted octanol–water partition coefficient (Wildman–Crippen LogP) is 2.33. The largest absolute Gasteiger partial charge is 0.445 e. The Morgan fingerprint density at radius 2 is 2.11 bits per heavy atom. The van der Waals surface area contributed by atoms with Gasteiger partial charge in [-0.2, -0.15) is 0 Å². The molecule has 0 N–H and O–H groups in total. The van der Waals surface area contributed by atoms with Gasteiger partial charge in [0.15, 0.2) is 12.0 Å². The van der Waals surface area contributed by atoms with Crippen molar-refractivity contribution in [2.45, 2.75) is 25.6 Å². The van der Waals surface area contributed by atoms with Crippen LogP contribution in [0.25, 0.3) is 0 Å². The average Bonchev–Trinajstić information content (AvgIpc) is 2.60. The molecule has 1 heterocycles. The zero-order valence-corrected chi connectivity index (χ0v) is 10.5. The average molecular weight is 265 g/mol. The number of hydrogen-bond donors (Lipinski definition) is 0. The van der Waals surface area contributed by atoms with E-state index >= 15 is 0 Å². The van der Waals surface area contributed by atoms with E-state index in [0.29, 0.717) is 13.0 Å². The summed E-state index contributed by atoms with van der Waals surface area (Å²) in [6, 6.07) is 9.27. The van der Waals surface area contributed by atoms with Crippen LogP contribution >= 0.6 is 0 Å². The molecule has 1 aromatic rings. The van der Waals surface area contributed by atoms with Gasteiger partial charge in [-0.1, -0.05) is 30.3 Å². The van der Waals surface area contributed by atoms with Gasteiger partial charge in [-0.15, -0.1) is 0 Å². The van der Waals surface area contributed by atoms with Crippen molar-refractivity contribution in [2.24, 2.45) is 0 Å². The van der Waals surface area contributed by atoms with Gasteiger partial charge in [-0.25, -0.2) is 9.18 Å². The van der Waals surface area contributed by atoms with Crippen LogP contribution in [0.1, 0.15) is 18.4 Å². The van der Waals surface area contributed by atoms with Crippen LogP contribution in [-0.2, 0) is 16.1 Å². The third-order valence-corrected chi connectivity index (χ3v) is 3.04. The van der Waals surface area contributed by atoms with E-state index in [9.17, 15) is 14.0 Å². The molecule has 1 aliphatic rings. The van der Waals surface area contributed by atoms with Crippen molar-refractivity contribution in [1.82, 2.24) is 4.90 Å². The number of rotatable bonds is 2. The van der Waals surface area contributed by atoms with Crippen LogP contribution in [0.3, 0.4) is 0 Å². The van der Waals surface area contributed by atoms with E-state index < -0.39 is 18.0 Å². The third kappa shape index (κ3) is 3.77. The summed E-state index contributed by atoms with van der Waals surface area (Å²) in [5, 5.41) is 0. The number of halogens is 1. The Labute approximate surface area is 111 Å². The molecule has 0 aromatic heterocycles. The van der Waals surface area contributed by atoms with Crippen molar-refractivity contribution >= 4 is 11.9 Å². The van der Waals surface area contributed by atoms with Gasteiger partial charge in [0.25, 0.3) is 0 Å². The molecule has 0 saturated carbocycles. The van der Waals surface area contributed by atoms with Crippen molar-refractivity contribution in [3.63, 3.8) is 0 Å². The lowest BCUT2D eigenvalue weighted by Gasteiger charge is -2.20. The Hall–Kier alpha value is -1.91. The van der Waals surface area contributed by atoms with Crippen LogP contribution in [0.5, 0.6) is 0 Å². The molecule has 0 spiro atoms. The molecule has 4 nitrogen and oxygen atoms in total. The van der Waals surface area contributed by atoms with E-state index in [2.05, 4.69) is 0 Å². The van der Waals surface area contributed by atoms with Crippen molar-refractivity contribution in [2.75, 3.05) is 13.1 Å². The summed E-state index contributed by atoms with van der Waals surface area (Å²) in [6.07, 6.45) is -1.49. The molecule has 1 amide bonds. The lowest BCUT2D eigenvalue weighted by atomic mass is 10.2. The summed E-state index contributed by atoms with van der Waals surface area (Å²) < 4.78 is 18.5. The molecule has 1 aromatic carbocycles. The first kappa shape index (κ1) is 13.5. The molecule has 1 fully saturated rings. The highest BCUT2D eigenvalue weighted by Gasteiger charge is 2.27. The van der Waals surface area contributed by atoms with Crippen molar-refractivity contribution in [3.05, 3.63) is 35.9 Å². The van der Waals surface area contributed by atoms with Gasteiger partial charge in [-0.3, -0.25) is 4.79 Å². The summed E-state index contributed by atoms with van der Waals surface area (Å²) in [5.74, 6) is -0.432. The number of carbonyl (C=O) groups excluding carboxylic acids is 2. The Bertz CT molecular complexity index is 449. The molecule has 1 saturated heterocycles.